The molecular formula is C12H26N2O2. The normalized spacial score (nSPS) is 20.6. The molecule has 1 atom stereocenters. The molecule has 96 valence electrons. The number of ether oxygens (including phenoxy) is 1. The summed E-state index contributed by atoms with van der Waals surface area (Å²) in [5.41, 5.74) is 0. The molecule has 0 aliphatic carbocycles. The average molecular weight is 230 g/mol. The van der Waals surface area contributed by atoms with Gasteiger partial charge in [0.2, 0.25) is 0 Å². The number of likely N-dealkylation sites (tertiary alicyclic amines) is 1. The standard InChI is InChI=1S/C10H20N2O2.C2H6/c1-3-6-11-10(13)14-9-5-4-7-12(2)8-9;1-2/h9H,3-8H2,1-2H3,(H,11,13);1-2H3. The summed E-state index contributed by atoms with van der Waals surface area (Å²) in [5.74, 6) is 0. The summed E-state index contributed by atoms with van der Waals surface area (Å²) in [7, 11) is 2.06. The predicted molar refractivity (Wildman–Crippen MR) is 66.6 cm³/mol. The lowest BCUT2D eigenvalue weighted by molar-refractivity contribution is 0.0509. The van der Waals surface area contributed by atoms with E-state index in [1.54, 1.807) is 0 Å². The van der Waals surface area contributed by atoms with Crippen molar-refractivity contribution in [3.05, 3.63) is 0 Å². The maximum atomic E-state index is 11.2. The molecule has 4 nitrogen and oxygen atoms in total. The number of hydrogen-bond acceptors (Lipinski definition) is 3. The molecule has 0 aromatic heterocycles. The van der Waals surface area contributed by atoms with Crippen LogP contribution in [0.15, 0.2) is 0 Å². The third kappa shape index (κ3) is 6.67. The van der Waals surface area contributed by atoms with Gasteiger partial charge in [-0.2, -0.15) is 0 Å². The molecule has 1 saturated heterocycles. The number of carbonyl (C=O) groups excluding carboxylic acids is 1. The fraction of sp³-hybridized carbons (Fsp3) is 0.917. The lowest BCUT2D eigenvalue weighted by Gasteiger charge is -2.29. The molecule has 4 heteroatoms. The van der Waals surface area contributed by atoms with Crippen LogP contribution in [-0.2, 0) is 4.74 Å². The van der Waals surface area contributed by atoms with Crippen molar-refractivity contribution in [1.29, 1.82) is 0 Å². The minimum Gasteiger partial charge on any atom is -0.445 e. The van der Waals surface area contributed by atoms with E-state index in [-0.39, 0.29) is 12.2 Å². The number of nitrogens with one attached hydrogen (secondary N) is 1. The Morgan fingerprint density at radius 3 is 2.75 bits per heavy atom. The third-order valence-electron chi connectivity index (χ3n) is 2.37. The minimum atomic E-state index is -0.271. The van der Waals surface area contributed by atoms with Crippen LogP contribution >= 0.6 is 0 Å². The van der Waals surface area contributed by atoms with Crippen molar-refractivity contribution in [3.8, 4) is 0 Å². The van der Waals surface area contributed by atoms with Crippen LogP contribution < -0.4 is 5.32 Å². The SMILES string of the molecule is CC.CCCNC(=O)OC1CCCN(C)C1. The van der Waals surface area contributed by atoms with Crippen LogP contribution in [0.5, 0.6) is 0 Å². The molecule has 0 aromatic rings. The summed E-state index contributed by atoms with van der Waals surface area (Å²) >= 11 is 0. The molecule has 0 spiro atoms. The van der Waals surface area contributed by atoms with Crippen LogP contribution in [-0.4, -0.2) is 43.8 Å². The van der Waals surface area contributed by atoms with E-state index in [9.17, 15) is 4.79 Å². The van der Waals surface area contributed by atoms with Gasteiger partial charge >= 0.3 is 6.09 Å². The first-order valence-electron chi connectivity index (χ1n) is 6.35. The van der Waals surface area contributed by atoms with E-state index in [0.29, 0.717) is 6.54 Å². The molecule has 1 aliphatic rings. The lowest BCUT2D eigenvalue weighted by Crippen LogP contribution is -2.40. The first kappa shape index (κ1) is 15.2. The quantitative estimate of drug-likeness (QED) is 0.808. The fourth-order valence-corrected chi connectivity index (χ4v) is 1.64. The number of alkyl carbamates (subject to hydrolysis) is 1. The van der Waals surface area contributed by atoms with E-state index in [0.717, 1.165) is 32.4 Å². The predicted octanol–water partition coefficient (Wildman–Crippen LogP) is 2.24. The van der Waals surface area contributed by atoms with Crippen LogP contribution in [0.2, 0.25) is 0 Å². The van der Waals surface area contributed by atoms with Gasteiger partial charge in [-0.25, -0.2) is 4.79 Å². The van der Waals surface area contributed by atoms with Gasteiger partial charge in [0.15, 0.2) is 0 Å². The Morgan fingerprint density at radius 2 is 2.19 bits per heavy atom. The van der Waals surface area contributed by atoms with Crippen LogP contribution in [0.4, 0.5) is 4.79 Å². The van der Waals surface area contributed by atoms with Gasteiger partial charge in [-0.05, 0) is 32.9 Å². The Morgan fingerprint density at radius 1 is 1.50 bits per heavy atom. The number of carbonyl (C=O) groups is 1. The summed E-state index contributed by atoms with van der Waals surface area (Å²) in [4.78, 5) is 13.4. The van der Waals surface area contributed by atoms with Crippen LogP contribution in [0, 0.1) is 0 Å². The number of likely N-dealkylation sites (N-methyl/N-ethyl adjacent to an activating group) is 1. The maximum absolute atomic E-state index is 11.2. The minimum absolute atomic E-state index is 0.0746. The molecular weight excluding hydrogens is 204 g/mol. The molecule has 1 heterocycles. The summed E-state index contributed by atoms with van der Waals surface area (Å²) in [6.45, 7) is 8.69. The maximum Gasteiger partial charge on any atom is 0.407 e. The summed E-state index contributed by atoms with van der Waals surface area (Å²) < 4.78 is 5.27. The highest BCUT2D eigenvalue weighted by atomic mass is 16.6. The Labute approximate surface area is 99.3 Å². The zero-order valence-electron chi connectivity index (χ0n) is 11.1. The van der Waals surface area contributed by atoms with Gasteiger partial charge in [0.1, 0.15) is 6.10 Å². The molecule has 1 N–H and O–H groups in total. The van der Waals surface area contributed by atoms with E-state index >= 15 is 0 Å². The highest BCUT2D eigenvalue weighted by Crippen LogP contribution is 2.11. The van der Waals surface area contributed by atoms with Crippen molar-refractivity contribution in [2.75, 3.05) is 26.7 Å². The molecule has 0 aromatic carbocycles. The summed E-state index contributed by atoms with van der Waals surface area (Å²) in [6.07, 6.45) is 2.85. The molecule has 0 radical (unpaired) electrons. The van der Waals surface area contributed by atoms with Crippen molar-refractivity contribution in [2.45, 2.75) is 46.1 Å². The Bertz CT molecular complexity index is 186. The number of hydrogen-bond donors (Lipinski definition) is 1. The monoisotopic (exact) mass is 230 g/mol. The first-order chi connectivity index (χ1) is 7.72. The Balaban J connectivity index is 0.00000106. The second-order valence-corrected chi connectivity index (χ2v) is 3.86. The van der Waals surface area contributed by atoms with Crippen molar-refractivity contribution >= 4 is 6.09 Å². The zero-order valence-corrected chi connectivity index (χ0v) is 11.1. The highest BCUT2D eigenvalue weighted by molar-refractivity contribution is 5.67. The topological polar surface area (TPSA) is 41.6 Å². The second-order valence-electron chi connectivity index (χ2n) is 3.86. The highest BCUT2D eigenvalue weighted by Gasteiger charge is 2.20. The number of piperidine rings is 1. The number of amides is 1. The Kier molecular flexibility index (Phi) is 9.00. The van der Waals surface area contributed by atoms with E-state index < -0.39 is 0 Å². The third-order valence-corrected chi connectivity index (χ3v) is 2.37. The van der Waals surface area contributed by atoms with Crippen molar-refractivity contribution < 1.29 is 9.53 Å². The zero-order chi connectivity index (χ0) is 12.4. The fourth-order valence-electron chi connectivity index (χ4n) is 1.64. The van der Waals surface area contributed by atoms with Gasteiger partial charge in [-0.15, -0.1) is 0 Å². The van der Waals surface area contributed by atoms with Gasteiger partial charge in [-0.3, -0.25) is 0 Å². The van der Waals surface area contributed by atoms with Crippen LogP contribution in [0.1, 0.15) is 40.0 Å². The molecule has 0 bridgehead atoms. The van der Waals surface area contributed by atoms with Crippen molar-refractivity contribution in [3.63, 3.8) is 0 Å². The van der Waals surface area contributed by atoms with E-state index in [2.05, 4.69) is 17.3 Å². The molecule has 1 rings (SSSR count). The summed E-state index contributed by atoms with van der Waals surface area (Å²) in [6, 6.07) is 0. The van der Waals surface area contributed by atoms with Crippen molar-refractivity contribution in [2.24, 2.45) is 0 Å². The largest absolute Gasteiger partial charge is 0.445 e. The van der Waals surface area contributed by atoms with Crippen molar-refractivity contribution in [1.82, 2.24) is 10.2 Å². The molecule has 1 fully saturated rings. The first-order valence-corrected chi connectivity index (χ1v) is 6.35. The molecule has 0 saturated carbocycles. The van der Waals surface area contributed by atoms with Gasteiger partial charge in [0.25, 0.3) is 0 Å². The van der Waals surface area contributed by atoms with E-state index in [1.807, 2.05) is 20.8 Å². The van der Waals surface area contributed by atoms with Gasteiger partial charge in [-0.1, -0.05) is 20.8 Å². The van der Waals surface area contributed by atoms with Crippen LogP contribution in [0.25, 0.3) is 0 Å². The smallest absolute Gasteiger partial charge is 0.407 e. The molecule has 1 amide bonds. The van der Waals surface area contributed by atoms with Gasteiger partial charge in [0.05, 0.1) is 0 Å². The van der Waals surface area contributed by atoms with Gasteiger partial charge in [0, 0.05) is 13.1 Å². The van der Waals surface area contributed by atoms with Crippen LogP contribution in [0.3, 0.4) is 0 Å². The lowest BCUT2D eigenvalue weighted by atomic mass is 10.1. The molecule has 16 heavy (non-hydrogen) atoms. The average Bonchev–Trinajstić information content (AvgIpc) is 2.29. The Hall–Kier alpha value is -0.770. The van der Waals surface area contributed by atoms with E-state index in [1.165, 1.54) is 0 Å². The van der Waals surface area contributed by atoms with Gasteiger partial charge < -0.3 is 15.0 Å². The molecule has 1 aliphatic heterocycles. The molecule has 1 unspecified atom stereocenters. The number of rotatable bonds is 3. The summed E-state index contributed by atoms with van der Waals surface area (Å²) in [5, 5.41) is 2.71. The van der Waals surface area contributed by atoms with E-state index in [4.69, 9.17) is 4.74 Å². The second kappa shape index (κ2) is 9.46. The number of nitrogens with zero attached hydrogens (tertiary/aromatic N) is 1.